The molecule has 3 aliphatic rings. The molecule has 0 radical (unpaired) electrons. The van der Waals surface area contributed by atoms with Crippen LogP contribution in [0.25, 0.3) is 5.57 Å². The monoisotopic (exact) mass is 304 g/mol. The molecule has 0 spiro atoms. The Morgan fingerprint density at radius 1 is 0.957 bits per heavy atom. The summed E-state index contributed by atoms with van der Waals surface area (Å²) in [6.07, 6.45) is 6.00. The number of benzene rings is 2. The first-order valence-electron chi connectivity index (χ1n) is 7.36. The van der Waals surface area contributed by atoms with Gasteiger partial charge in [-0.1, -0.05) is 24.3 Å². The zero-order chi connectivity index (χ0) is 15.6. The lowest BCUT2D eigenvalue weighted by molar-refractivity contribution is 0.206. The summed E-state index contributed by atoms with van der Waals surface area (Å²) in [4.78, 5) is 0. The Bertz CT molecular complexity index is 950. The van der Waals surface area contributed by atoms with Gasteiger partial charge < -0.3 is 19.7 Å². The maximum absolute atomic E-state index is 10.3. The fraction of sp³-hybridized carbons (Fsp3) is 0.0526. The van der Waals surface area contributed by atoms with Crippen molar-refractivity contribution in [1.82, 2.24) is 0 Å². The molecule has 4 nitrogen and oxygen atoms in total. The zero-order valence-corrected chi connectivity index (χ0v) is 12.0. The Morgan fingerprint density at radius 3 is 2.74 bits per heavy atom. The summed E-state index contributed by atoms with van der Waals surface area (Å²) in [6.45, 7) is 0. The number of hydrogen-bond donors (Lipinski definition) is 2. The lowest BCUT2D eigenvalue weighted by atomic mass is 9.78. The number of phenolic OH excluding ortho intramolecular Hbond substituents is 2. The largest absolute Gasteiger partial charge is 0.508 e. The van der Waals surface area contributed by atoms with E-state index >= 15 is 0 Å². The van der Waals surface area contributed by atoms with Gasteiger partial charge in [-0.2, -0.15) is 0 Å². The first-order chi connectivity index (χ1) is 11.2. The fourth-order valence-electron chi connectivity index (χ4n) is 3.41. The van der Waals surface area contributed by atoms with Crippen molar-refractivity contribution >= 4 is 5.57 Å². The molecule has 2 N–H and O–H groups in total. The van der Waals surface area contributed by atoms with Gasteiger partial charge >= 0.3 is 0 Å². The van der Waals surface area contributed by atoms with Crippen molar-refractivity contribution in [2.24, 2.45) is 0 Å². The molecule has 112 valence electrons. The van der Waals surface area contributed by atoms with E-state index in [1.54, 1.807) is 24.3 Å². The highest BCUT2D eigenvalue weighted by molar-refractivity contribution is 5.89. The van der Waals surface area contributed by atoms with Crippen LogP contribution in [-0.4, -0.2) is 10.2 Å². The van der Waals surface area contributed by atoms with Crippen LogP contribution in [0.15, 0.2) is 66.1 Å². The van der Waals surface area contributed by atoms with Gasteiger partial charge in [0, 0.05) is 23.1 Å². The molecule has 0 fully saturated rings. The van der Waals surface area contributed by atoms with Gasteiger partial charge in [-0.05, 0) is 29.8 Å². The molecule has 0 bridgehead atoms. The Hall–Kier alpha value is -3.14. The topological polar surface area (TPSA) is 58.9 Å². The van der Waals surface area contributed by atoms with Crippen LogP contribution in [-0.2, 0) is 0 Å². The summed E-state index contributed by atoms with van der Waals surface area (Å²) < 4.78 is 11.8. The number of fused-ring (bicyclic) bond motifs is 4. The minimum absolute atomic E-state index is 0.114. The first-order valence-corrected chi connectivity index (χ1v) is 7.36. The van der Waals surface area contributed by atoms with Crippen LogP contribution in [0.5, 0.6) is 23.0 Å². The molecule has 0 aromatic heterocycles. The van der Waals surface area contributed by atoms with E-state index in [0.29, 0.717) is 17.4 Å². The predicted molar refractivity (Wildman–Crippen MR) is 84.4 cm³/mol. The molecule has 0 saturated heterocycles. The molecule has 23 heavy (non-hydrogen) atoms. The van der Waals surface area contributed by atoms with Gasteiger partial charge in [0.2, 0.25) is 0 Å². The van der Waals surface area contributed by atoms with E-state index < -0.39 is 0 Å². The van der Waals surface area contributed by atoms with Gasteiger partial charge in [-0.3, -0.25) is 0 Å². The SMILES string of the molecule is Oc1ccc2c(c1)OC1=C3C2=CC=CC3c2c(O)cccc2O1. The quantitative estimate of drug-likeness (QED) is 0.776. The molecule has 1 unspecified atom stereocenters. The normalized spacial score (nSPS) is 19.8. The standard InChI is InChI=1S/C19H12O4/c20-10-7-8-11-12-3-1-4-13-17(12)19(23-16(11)9-10)22-15-6-2-5-14(21)18(13)15/h1-9,13,20-21H. The van der Waals surface area contributed by atoms with E-state index in [-0.39, 0.29) is 17.4 Å². The zero-order valence-electron chi connectivity index (χ0n) is 12.0. The minimum atomic E-state index is -0.114. The Balaban J connectivity index is 1.76. The summed E-state index contributed by atoms with van der Waals surface area (Å²) in [5.74, 6) is 1.79. The molecule has 0 saturated carbocycles. The van der Waals surface area contributed by atoms with Crippen LogP contribution in [0, 0.1) is 0 Å². The van der Waals surface area contributed by atoms with E-state index in [9.17, 15) is 10.2 Å². The third-order valence-corrected chi connectivity index (χ3v) is 4.40. The van der Waals surface area contributed by atoms with Gasteiger partial charge in [0.15, 0.2) is 0 Å². The van der Waals surface area contributed by atoms with Crippen LogP contribution >= 0.6 is 0 Å². The molecule has 2 aromatic carbocycles. The van der Waals surface area contributed by atoms with Crippen LogP contribution in [0.3, 0.4) is 0 Å². The van der Waals surface area contributed by atoms with E-state index in [0.717, 1.165) is 22.3 Å². The van der Waals surface area contributed by atoms with Gasteiger partial charge in [-0.15, -0.1) is 0 Å². The molecular formula is C19H12O4. The summed E-state index contributed by atoms with van der Waals surface area (Å²) in [5, 5.41) is 20.0. The first kappa shape index (κ1) is 12.4. The second-order valence-corrected chi connectivity index (χ2v) is 5.72. The van der Waals surface area contributed by atoms with Crippen LogP contribution < -0.4 is 9.47 Å². The molecular weight excluding hydrogens is 292 g/mol. The molecule has 1 atom stereocenters. The number of allylic oxidation sites excluding steroid dienone is 5. The van der Waals surface area contributed by atoms with Crippen molar-refractivity contribution in [3.63, 3.8) is 0 Å². The molecule has 4 heteroatoms. The van der Waals surface area contributed by atoms with Crippen molar-refractivity contribution in [3.8, 4) is 23.0 Å². The van der Waals surface area contributed by atoms with Crippen LogP contribution in [0.2, 0.25) is 0 Å². The smallest absolute Gasteiger partial charge is 0.295 e. The molecule has 5 rings (SSSR count). The third-order valence-electron chi connectivity index (χ3n) is 4.40. The van der Waals surface area contributed by atoms with Gasteiger partial charge in [0.1, 0.15) is 23.0 Å². The maximum atomic E-state index is 10.3. The highest BCUT2D eigenvalue weighted by atomic mass is 16.7. The van der Waals surface area contributed by atoms with Crippen molar-refractivity contribution in [1.29, 1.82) is 0 Å². The summed E-state index contributed by atoms with van der Waals surface area (Å²) in [5.41, 5.74) is 3.54. The lowest BCUT2D eigenvalue weighted by Crippen LogP contribution is -2.23. The van der Waals surface area contributed by atoms with Crippen molar-refractivity contribution in [3.05, 3.63) is 77.3 Å². The molecule has 2 aliphatic heterocycles. The average Bonchev–Trinajstić information content (AvgIpc) is 2.54. The van der Waals surface area contributed by atoms with Crippen molar-refractivity contribution in [2.75, 3.05) is 0 Å². The second-order valence-electron chi connectivity index (χ2n) is 5.72. The summed E-state index contributed by atoms with van der Waals surface area (Å²) in [7, 11) is 0. The van der Waals surface area contributed by atoms with E-state index in [1.807, 2.05) is 30.4 Å². The fourth-order valence-corrected chi connectivity index (χ4v) is 3.41. The van der Waals surface area contributed by atoms with E-state index in [2.05, 4.69) is 0 Å². The summed E-state index contributed by atoms with van der Waals surface area (Å²) >= 11 is 0. The highest BCUT2D eigenvalue weighted by Crippen LogP contribution is 2.53. The molecule has 2 heterocycles. The number of phenols is 2. The number of ether oxygens (including phenoxy) is 2. The predicted octanol–water partition coefficient (Wildman–Crippen LogP) is 3.83. The van der Waals surface area contributed by atoms with Crippen molar-refractivity contribution in [2.45, 2.75) is 5.92 Å². The Labute approximate surface area is 132 Å². The van der Waals surface area contributed by atoms with Gasteiger partial charge in [0.05, 0.1) is 5.57 Å². The highest BCUT2D eigenvalue weighted by Gasteiger charge is 2.38. The molecule has 0 amide bonds. The van der Waals surface area contributed by atoms with Gasteiger partial charge in [-0.25, -0.2) is 0 Å². The Morgan fingerprint density at radius 2 is 1.83 bits per heavy atom. The average molecular weight is 304 g/mol. The number of rotatable bonds is 0. The molecule has 2 aromatic rings. The van der Waals surface area contributed by atoms with E-state index in [4.69, 9.17) is 9.47 Å². The third kappa shape index (κ3) is 1.60. The molecule has 1 aliphatic carbocycles. The van der Waals surface area contributed by atoms with Gasteiger partial charge in [0.25, 0.3) is 5.95 Å². The maximum Gasteiger partial charge on any atom is 0.295 e. The van der Waals surface area contributed by atoms with Crippen LogP contribution in [0.4, 0.5) is 0 Å². The number of aromatic hydroxyl groups is 2. The van der Waals surface area contributed by atoms with Crippen molar-refractivity contribution < 1.29 is 19.7 Å². The summed E-state index contributed by atoms with van der Waals surface area (Å²) in [6, 6.07) is 10.3. The minimum Gasteiger partial charge on any atom is -0.508 e. The number of hydrogen-bond acceptors (Lipinski definition) is 4. The Kier molecular flexibility index (Phi) is 2.26. The second kappa shape index (κ2) is 4.20. The van der Waals surface area contributed by atoms with E-state index in [1.165, 1.54) is 0 Å². The van der Waals surface area contributed by atoms with Crippen LogP contribution in [0.1, 0.15) is 17.0 Å². The lowest BCUT2D eigenvalue weighted by Gasteiger charge is -2.35.